The van der Waals surface area contributed by atoms with Gasteiger partial charge < -0.3 is 28.4 Å². The van der Waals surface area contributed by atoms with Gasteiger partial charge in [-0.2, -0.15) is 0 Å². The second-order valence-electron chi connectivity index (χ2n) is 7.96. The summed E-state index contributed by atoms with van der Waals surface area (Å²) >= 11 is 1.40. The molecule has 0 amide bonds. The molecule has 1 saturated heterocycles. The summed E-state index contributed by atoms with van der Waals surface area (Å²) in [7, 11) is 0. The van der Waals surface area contributed by atoms with Crippen LogP contribution in [-0.4, -0.2) is 61.2 Å². The summed E-state index contributed by atoms with van der Waals surface area (Å²) in [6, 6.07) is 7.02. The third-order valence-corrected chi connectivity index (χ3v) is 6.14. The molecule has 2 heterocycles. The first-order valence-corrected chi connectivity index (χ1v) is 11.9. The van der Waals surface area contributed by atoms with Crippen LogP contribution in [0.5, 0.6) is 5.75 Å². The lowest BCUT2D eigenvalue weighted by Gasteiger charge is -2.43. The van der Waals surface area contributed by atoms with Gasteiger partial charge in [-0.15, -0.1) is 11.3 Å². The quantitative estimate of drug-likeness (QED) is 0.153. The smallest absolute Gasteiger partial charge is 0.303 e. The van der Waals surface area contributed by atoms with Crippen LogP contribution < -0.4 is 4.74 Å². The SMILES string of the molecule is CC(=O)OC[C@H]1O[C@@H](Oc2cccc3sc(CN=[N+]=[N-])cc23)[C@H](OC(C)=O)[C@@H](OC(C)=O)[C@H]1OC(C)=O. The van der Waals surface area contributed by atoms with Gasteiger partial charge in [-0.3, -0.25) is 19.2 Å². The second kappa shape index (κ2) is 12.4. The molecule has 0 bridgehead atoms. The molecule has 0 unspecified atom stereocenters. The third-order valence-electron chi connectivity index (χ3n) is 5.05. The van der Waals surface area contributed by atoms with E-state index >= 15 is 0 Å². The van der Waals surface area contributed by atoms with Crippen LogP contribution in [-0.2, 0) is 49.4 Å². The van der Waals surface area contributed by atoms with Crippen molar-refractivity contribution in [2.24, 2.45) is 5.11 Å². The number of ether oxygens (including phenoxy) is 6. The Labute approximate surface area is 215 Å². The highest BCUT2D eigenvalue weighted by Gasteiger charge is 2.53. The summed E-state index contributed by atoms with van der Waals surface area (Å²) in [4.78, 5) is 50.9. The normalized spacial score (nSPS) is 22.9. The van der Waals surface area contributed by atoms with Gasteiger partial charge in [0.1, 0.15) is 18.5 Å². The van der Waals surface area contributed by atoms with Gasteiger partial charge in [-0.1, -0.05) is 11.2 Å². The molecule has 1 aromatic carbocycles. The number of fused-ring (bicyclic) bond motifs is 1. The van der Waals surface area contributed by atoms with Gasteiger partial charge in [0.05, 0.1) is 6.54 Å². The number of esters is 4. The van der Waals surface area contributed by atoms with Crippen LogP contribution in [0.2, 0.25) is 0 Å². The molecule has 13 nitrogen and oxygen atoms in total. The molecule has 5 atom stereocenters. The highest BCUT2D eigenvalue weighted by molar-refractivity contribution is 7.19. The number of rotatable bonds is 9. The van der Waals surface area contributed by atoms with Crippen molar-refractivity contribution < 1.29 is 47.6 Å². The van der Waals surface area contributed by atoms with E-state index in [1.807, 2.05) is 6.07 Å². The predicted octanol–water partition coefficient (Wildman–Crippen LogP) is 3.17. The van der Waals surface area contributed by atoms with Crippen molar-refractivity contribution in [3.63, 3.8) is 0 Å². The van der Waals surface area contributed by atoms with Crippen molar-refractivity contribution in [3.05, 3.63) is 39.6 Å². The Morgan fingerprint density at radius 3 is 2.24 bits per heavy atom. The van der Waals surface area contributed by atoms with Gasteiger partial charge in [0.2, 0.25) is 12.4 Å². The summed E-state index contributed by atoms with van der Waals surface area (Å²) in [6.45, 7) is 4.40. The van der Waals surface area contributed by atoms with Gasteiger partial charge in [0.25, 0.3) is 0 Å². The van der Waals surface area contributed by atoms with E-state index in [1.165, 1.54) is 18.3 Å². The van der Waals surface area contributed by atoms with Gasteiger partial charge in [-0.05, 0) is 23.7 Å². The van der Waals surface area contributed by atoms with Crippen LogP contribution in [0.25, 0.3) is 20.5 Å². The first kappa shape index (κ1) is 27.7. The van der Waals surface area contributed by atoms with Crippen molar-refractivity contribution >= 4 is 45.3 Å². The Bertz CT molecular complexity index is 1220. The molecular weight excluding hydrogens is 510 g/mol. The molecule has 1 fully saturated rings. The Kier molecular flexibility index (Phi) is 9.28. The number of azide groups is 1. The summed E-state index contributed by atoms with van der Waals surface area (Å²) < 4.78 is 34.2. The number of nitrogens with zero attached hydrogens (tertiary/aromatic N) is 3. The van der Waals surface area contributed by atoms with Gasteiger partial charge in [0, 0.05) is 47.6 Å². The number of carbonyl (C=O) groups is 4. The molecule has 0 aliphatic carbocycles. The highest BCUT2D eigenvalue weighted by Crippen LogP contribution is 2.36. The average molecular weight is 536 g/mol. The molecule has 1 aromatic heterocycles. The van der Waals surface area contributed by atoms with E-state index < -0.39 is 54.6 Å². The van der Waals surface area contributed by atoms with E-state index in [1.54, 1.807) is 18.2 Å². The summed E-state index contributed by atoms with van der Waals surface area (Å²) in [6.07, 6.45) is -6.46. The van der Waals surface area contributed by atoms with Crippen LogP contribution in [0.1, 0.15) is 32.6 Å². The van der Waals surface area contributed by atoms with Gasteiger partial charge in [-0.25, -0.2) is 0 Å². The van der Waals surface area contributed by atoms with E-state index in [0.717, 1.165) is 30.3 Å². The third kappa shape index (κ3) is 7.32. The molecule has 0 saturated carbocycles. The average Bonchev–Trinajstić information content (AvgIpc) is 3.23. The first-order chi connectivity index (χ1) is 17.6. The number of carbonyl (C=O) groups excluding carboxylic acids is 4. The topological polar surface area (TPSA) is 172 Å². The Hall–Kier alpha value is -3.87. The largest absolute Gasteiger partial charge is 0.463 e. The standard InChI is InChI=1S/C23H25N3O10S/c1-11(27)31-10-18-20(32-12(2)28)21(33-13(3)29)22(34-14(4)30)23(36-18)35-17-6-5-7-19-16(17)8-15(37-19)9-25-26-24/h5-8,18,20-23H,9-10H2,1-4H3/t18-,20+,21+,22-,23-/m1/s1. The molecular formula is C23H25N3O10S. The molecule has 37 heavy (non-hydrogen) atoms. The van der Waals surface area contributed by atoms with Crippen LogP contribution >= 0.6 is 11.3 Å². The van der Waals surface area contributed by atoms with Crippen LogP contribution in [0.3, 0.4) is 0 Å². The molecule has 198 valence electrons. The van der Waals surface area contributed by atoms with Crippen molar-refractivity contribution in [1.82, 2.24) is 0 Å². The number of thiophene rings is 1. The van der Waals surface area contributed by atoms with Crippen molar-refractivity contribution in [1.29, 1.82) is 0 Å². The molecule has 0 radical (unpaired) electrons. The van der Waals surface area contributed by atoms with Crippen molar-refractivity contribution in [2.45, 2.75) is 64.9 Å². The fraction of sp³-hybridized carbons (Fsp3) is 0.478. The first-order valence-electron chi connectivity index (χ1n) is 11.1. The zero-order valence-electron chi connectivity index (χ0n) is 20.4. The molecule has 1 aliphatic rings. The van der Waals surface area contributed by atoms with E-state index in [0.29, 0.717) is 11.1 Å². The molecule has 0 N–H and O–H groups in total. The summed E-state index contributed by atoms with van der Waals surface area (Å²) in [5.41, 5.74) is 8.62. The summed E-state index contributed by atoms with van der Waals surface area (Å²) in [5, 5.41) is 4.25. The Balaban J connectivity index is 2.03. The highest BCUT2D eigenvalue weighted by atomic mass is 32.1. The Morgan fingerprint density at radius 2 is 1.62 bits per heavy atom. The number of hydrogen-bond acceptors (Lipinski definition) is 12. The zero-order chi connectivity index (χ0) is 27.1. The maximum Gasteiger partial charge on any atom is 0.303 e. The fourth-order valence-electron chi connectivity index (χ4n) is 3.78. The molecule has 3 rings (SSSR count). The molecule has 2 aromatic rings. The minimum atomic E-state index is -1.35. The minimum absolute atomic E-state index is 0.147. The predicted molar refractivity (Wildman–Crippen MR) is 127 cm³/mol. The van der Waals surface area contributed by atoms with Crippen molar-refractivity contribution in [2.75, 3.05) is 6.61 Å². The maximum atomic E-state index is 12.0. The Morgan fingerprint density at radius 1 is 0.973 bits per heavy atom. The summed E-state index contributed by atoms with van der Waals surface area (Å²) in [5.74, 6) is -2.49. The molecule has 1 aliphatic heterocycles. The fourth-order valence-corrected chi connectivity index (χ4v) is 4.78. The van der Waals surface area contributed by atoms with E-state index in [4.69, 9.17) is 34.0 Å². The van der Waals surface area contributed by atoms with Crippen LogP contribution in [0.4, 0.5) is 0 Å². The van der Waals surface area contributed by atoms with E-state index in [9.17, 15) is 19.2 Å². The second-order valence-corrected chi connectivity index (χ2v) is 9.12. The van der Waals surface area contributed by atoms with Gasteiger partial charge in [0.15, 0.2) is 12.2 Å². The van der Waals surface area contributed by atoms with Gasteiger partial charge >= 0.3 is 23.9 Å². The maximum absolute atomic E-state index is 12.0. The van der Waals surface area contributed by atoms with Crippen LogP contribution in [0.15, 0.2) is 29.4 Å². The molecule has 0 spiro atoms. The lowest BCUT2D eigenvalue weighted by atomic mass is 9.98. The lowest BCUT2D eigenvalue weighted by molar-refractivity contribution is -0.288. The number of benzene rings is 1. The zero-order valence-corrected chi connectivity index (χ0v) is 21.3. The lowest BCUT2D eigenvalue weighted by Crippen LogP contribution is -2.63. The van der Waals surface area contributed by atoms with Crippen molar-refractivity contribution in [3.8, 4) is 5.75 Å². The van der Waals surface area contributed by atoms with E-state index in [-0.39, 0.29) is 13.2 Å². The number of hydrogen-bond donors (Lipinski definition) is 0. The monoisotopic (exact) mass is 535 g/mol. The van der Waals surface area contributed by atoms with Crippen LogP contribution in [0, 0.1) is 0 Å². The van der Waals surface area contributed by atoms with E-state index in [2.05, 4.69) is 10.0 Å². The minimum Gasteiger partial charge on any atom is -0.463 e. The molecule has 14 heteroatoms.